The number of methoxy groups -OCH3 is 2. The van der Waals surface area contributed by atoms with Crippen LogP contribution in [0.5, 0.6) is 17.2 Å². The summed E-state index contributed by atoms with van der Waals surface area (Å²) in [7, 11) is 3.26. The Kier molecular flexibility index (Phi) is 5.26. The van der Waals surface area contributed by atoms with Crippen LogP contribution in [0.2, 0.25) is 0 Å². The first-order valence-corrected chi connectivity index (χ1v) is 6.09. The first-order chi connectivity index (χ1) is 9.35. The van der Waals surface area contributed by atoms with Crippen molar-refractivity contribution in [2.45, 2.75) is 6.54 Å². The van der Waals surface area contributed by atoms with Crippen LogP contribution in [-0.2, 0) is 16.0 Å². The highest BCUT2D eigenvalue weighted by molar-refractivity contribution is 5.51. The van der Waals surface area contributed by atoms with Crippen molar-refractivity contribution in [1.29, 1.82) is 0 Å². The molecule has 19 heavy (non-hydrogen) atoms. The van der Waals surface area contributed by atoms with Gasteiger partial charge in [-0.2, -0.15) is 0 Å². The third-order valence-corrected chi connectivity index (χ3v) is 2.69. The molecule has 6 nitrogen and oxygen atoms in total. The van der Waals surface area contributed by atoms with E-state index in [-0.39, 0.29) is 13.6 Å². The van der Waals surface area contributed by atoms with Gasteiger partial charge < -0.3 is 29.0 Å². The summed E-state index contributed by atoms with van der Waals surface area (Å²) in [5, 5.41) is 3.27. The van der Waals surface area contributed by atoms with Crippen LogP contribution >= 0.6 is 0 Å². The van der Waals surface area contributed by atoms with E-state index in [0.717, 1.165) is 23.6 Å². The molecule has 0 spiro atoms. The van der Waals surface area contributed by atoms with Crippen molar-refractivity contribution in [3.05, 3.63) is 17.7 Å². The van der Waals surface area contributed by atoms with E-state index in [2.05, 4.69) is 5.32 Å². The molecule has 0 atom stereocenters. The lowest BCUT2D eigenvalue weighted by Crippen LogP contribution is -2.19. The first kappa shape index (κ1) is 13.9. The molecule has 1 aliphatic heterocycles. The number of nitrogens with one attached hydrogen (secondary N) is 1. The van der Waals surface area contributed by atoms with Crippen molar-refractivity contribution in [3.8, 4) is 17.2 Å². The molecule has 0 bridgehead atoms. The molecular formula is C13H19NO5. The maximum absolute atomic E-state index is 5.54. The standard InChI is InChI=1S/C13H19NO5/c1-15-4-3-14-7-10-5-12-13(19-9-18-12)6-11(10)17-8-16-2/h5-6,14H,3-4,7-9H2,1-2H3. The van der Waals surface area contributed by atoms with Crippen LogP contribution in [0.1, 0.15) is 5.56 Å². The second-order valence-corrected chi connectivity index (χ2v) is 4.03. The molecule has 1 heterocycles. The van der Waals surface area contributed by atoms with E-state index < -0.39 is 0 Å². The first-order valence-electron chi connectivity index (χ1n) is 6.09. The number of rotatable bonds is 8. The van der Waals surface area contributed by atoms with Gasteiger partial charge in [0, 0.05) is 38.9 Å². The predicted molar refractivity (Wildman–Crippen MR) is 68.7 cm³/mol. The van der Waals surface area contributed by atoms with Gasteiger partial charge in [-0.1, -0.05) is 0 Å². The maximum atomic E-state index is 5.54. The second kappa shape index (κ2) is 7.18. The smallest absolute Gasteiger partial charge is 0.231 e. The molecule has 1 aromatic rings. The Balaban J connectivity index is 2.05. The third kappa shape index (κ3) is 3.73. The van der Waals surface area contributed by atoms with Crippen LogP contribution in [0, 0.1) is 0 Å². The van der Waals surface area contributed by atoms with E-state index in [1.165, 1.54) is 0 Å². The fourth-order valence-corrected chi connectivity index (χ4v) is 1.76. The summed E-state index contributed by atoms with van der Waals surface area (Å²) in [4.78, 5) is 0. The van der Waals surface area contributed by atoms with Crippen LogP contribution in [0.4, 0.5) is 0 Å². The van der Waals surface area contributed by atoms with Gasteiger partial charge in [-0.3, -0.25) is 0 Å². The van der Waals surface area contributed by atoms with Crippen molar-refractivity contribution >= 4 is 0 Å². The Morgan fingerprint density at radius 2 is 1.95 bits per heavy atom. The highest BCUT2D eigenvalue weighted by atomic mass is 16.7. The summed E-state index contributed by atoms with van der Waals surface area (Å²) < 4.78 is 26.2. The van der Waals surface area contributed by atoms with E-state index >= 15 is 0 Å². The zero-order valence-electron chi connectivity index (χ0n) is 11.2. The lowest BCUT2D eigenvalue weighted by Gasteiger charge is -2.12. The van der Waals surface area contributed by atoms with Crippen LogP contribution in [-0.4, -0.2) is 41.0 Å². The van der Waals surface area contributed by atoms with Crippen molar-refractivity contribution in [2.24, 2.45) is 0 Å². The minimum Gasteiger partial charge on any atom is -0.467 e. The molecular weight excluding hydrogens is 250 g/mol. The Labute approximate surface area is 112 Å². The quantitative estimate of drug-likeness (QED) is 0.564. The zero-order chi connectivity index (χ0) is 13.5. The topological polar surface area (TPSA) is 58.2 Å². The summed E-state index contributed by atoms with van der Waals surface area (Å²) in [5.74, 6) is 2.18. The van der Waals surface area contributed by atoms with E-state index in [1.807, 2.05) is 12.1 Å². The number of benzene rings is 1. The van der Waals surface area contributed by atoms with Crippen LogP contribution < -0.4 is 19.5 Å². The SMILES string of the molecule is COCCNCc1cc2c(cc1OCOC)OCO2. The minimum atomic E-state index is 0.199. The van der Waals surface area contributed by atoms with Gasteiger partial charge in [-0.25, -0.2) is 0 Å². The van der Waals surface area contributed by atoms with E-state index in [1.54, 1.807) is 14.2 Å². The molecule has 0 fully saturated rings. The monoisotopic (exact) mass is 269 g/mol. The van der Waals surface area contributed by atoms with Crippen molar-refractivity contribution in [1.82, 2.24) is 5.32 Å². The highest BCUT2D eigenvalue weighted by Gasteiger charge is 2.17. The van der Waals surface area contributed by atoms with E-state index in [9.17, 15) is 0 Å². The fraction of sp³-hybridized carbons (Fsp3) is 0.538. The van der Waals surface area contributed by atoms with Gasteiger partial charge in [0.25, 0.3) is 0 Å². The van der Waals surface area contributed by atoms with Crippen LogP contribution in [0.25, 0.3) is 0 Å². The number of fused-ring (bicyclic) bond motifs is 1. The minimum absolute atomic E-state index is 0.199. The van der Waals surface area contributed by atoms with Crippen LogP contribution in [0.15, 0.2) is 12.1 Å². The maximum Gasteiger partial charge on any atom is 0.231 e. The Morgan fingerprint density at radius 3 is 2.68 bits per heavy atom. The predicted octanol–water partition coefficient (Wildman–Crippen LogP) is 1.13. The van der Waals surface area contributed by atoms with Crippen LogP contribution in [0.3, 0.4) is 0 Å². The number of hydrogen-bond acceptors (Lipinski definition) is 6. The average molecular weight is 269 g/mol. The lowest BCUT2D eigenvalue weighted by molar-refractivity contribution is 0.0502. The van der Waals surface area contributed by atoms with Gasteiger partial charge in [0.15, 0.2) is 18.3 Å². The number of ether oxygens (including phenoxy) is 5. The summed E-state index contributed by atoms with van der Waals surface area (Å²) in [6, 6.07) is 3.75. The number of hydrogen-bond donors (Lipinski definition) is 1. The van der Waals surface area contributed by atoms with E-state index in [4.69, 9.17) is 23.7 Å². The molecule has 0 saturated heterocycles. The molecule has 0 unspecified atom stereocenters. The van der Waals surface area contributed by atoms with Gasteiger partial charge in [0.2, 0.25) is 6.79 Å². The van der Waals surface area contributed by atoms with Crippen molar-refractivity contribution in [3.63, 3.8) is 0 Å². The molecule has 1 aromatic carbocycles. The molecule has 1 N–H and O–H groups in total. The average Bonchev–Trinajstić information content (AvgIpc) is 2.88. The van der Waals surface area contributed by atoms with Gasteiger partial charge in [-0.15, -0.1) is 0 Å². The summed E-state index contributed by atoms with van der Waals surface area (Å²) >= 11 is 0. The van der Waals surface area contributed by atoms with Crippen molar-refractivity contribution < 1.29 is 23.7 Å². The molecule has 1 aliphatic rings. The Bertz CT molecular complexity index is 410. The largest absolute Gasteiger partial charge is 0.467 e. The molecule has 2 rings (SSSR count). The summed E-state index contributed by atoms with van der Waals surface area (Å²) in [5.41, 5.74) is 0.998. The lowest BCUT2D eigenvalue weighted by atomic mass is 10.1. The third-order valence-electron chi connectivity index (χ3n) is 2.69. The summed E-state index contributed by atoms with van der Waals surface area (Å²) in [6.07, 6.45) is 0. The molecule has 0 radical (unpaired) electrons. The normalized spacial score (nSPS) is 12.7. The Hall–Kier alpha value is -1.50. The van der Waals surface area contributed by atoms with E-state index in [0.29, 0.717) is 18.9 Å². The molecule has 106 valence electrons. The zero-order valence-corrected chi connectivity index (χ0v) is 11.2. The van der Waals surface area contributed by atoms with Crippen molar-refractivity contribution in [2.75, 3.05) is 41.0 Å². The van der Waals surface area contributed by atoms with Gasteiger partial charge >= 0.3 is 0 Å². The van der Waals surface area contributed by atoms with Gasteiger partial charge in [-0.05, 0) is 6.07 Å². The molecule has 6 heteroatoms. The fourth-order valence-electron chi connectivity index (χ4n) is 1.76. The molecule has 0 saturated carbocycles. The summed E-state index contributed by atoms with van der Waals surface area (Å²) in [6.45, 7) is 2.55. The molecule has 0 amide bonds. The van der Waals surface area contributed by atoms with Gasteiger partial charge in [0.05, 0.1) is 6.61 Å². The highest BCUT2D eigenvalue weighted by Crippen LogP contribution is 2.38. The second-order valence-electron chi connectivity index (χ2n) is 4.03. The molecule has 0 aliphatic carbocycles. The molecule has 0 aromatic heterocycles. The van der Waals surface area contributed by atoms with Gasteiger partial charge in [0.1, 0.15) is 5.75 Å². The Morgan fingerprint density at radius 1 is 1.16 bits per heavy atom.